The molecule has 0 amide bonds. The first-order valence-electron chi connectivity index (χ1n) is 8.01. The summed E-state index contributed by atoms with van der Waals surface area (Å²) in [5.74, 6) is -0.305. The van der Waals surface area contributed by atoms with E-state index in [1.54, 1.807) is 18.4 Å². The van der Waals surface area contributed by atoms with Gasteiger partial charge in [-0.15, -0.1) is 35.3 Å². The normalized spacial score (nSPS) is 19.3. The zero-order chi connectivity index (χ0) is 17.1. The van der Waals surface area contributed by atoms with Crippen LogP contribution in [0.15, 0.2) is 40.7 Å². The van der Waals surface area contributed by atoms with E-state index in [4.69, 9.17) is 0 Å². The third-order valence-corrected chi connectivity index (χ3v) is 5.26. The Bertz CT molecular complexity index is 701. The van der Waals surface area contributed by atoms with Crippen LogP contribution in [0.5, 0.6) is 0 Å². The fourth-order valence-corrected chi connectivity index (χ4v) is 3.59. The summed E-state index contributed by atoms with van der Waals surface area (Å²) in [5, 5.41) is 5.39. The van der Waals surface area contributed by atoms with Gasteiger partial charge in [0.1, 0.15) is 11.6 Å². The molecule has 0 spiro atoms. The molecule has 1 fully saturated rings. The number of nitrogens with one attached hydrogen (secondary N) is 1. The number of likely N-dealkylation sites (N-methyl/N-ethyl adjacent to an activating group) is 1. The highest BCUT2D eigenvalue weighted by molar-refractivity contribution is 14.0. The monoisotopic (exact) mass is 477 g/mol. The van der Waals surface area contributed by atoms with Crippen molar-refractivity contribution in [3.8, 4) is 0 Å². The first-order valence-corrected chi connectivity index (χ1v) is 8.89. The molecule has 1 heterocycles. The number of aliphatic imine (C=N–C) groups is 1. The van der Waals surface area contributed by atoms with E-state index in [1.807, 2.05) is 18.0 Å². The number of hydrogen-bond donors (Lipinski definition) is 1. The second-order valence-corrected chi connectivity index (χ2v) is 7.06. The Morgan fingerprint density at radius 2 is 2.00 bits per heavy atom. The average molecular weight is 477 g/mol. The van der Waals surface area contributed by atoms with Crippen LogP contribution in [-0.2, 0) is 6.42 Å². The fourth-order valence-electron chi connectivity index (χ4n) is 2.89. The smallest absolute Gasteiger partial charge is 0.193 e. The number of thiophene rings is 1. The van der Waals surface area contributed by atoms with Gasteiger partial charge in [-0.05, 0) is 36.4 Å². The van der Waals surface area contributed by atoms with Crippen molar-refractivity contribution in [1.82, 2.24) is 10.2 Å². The molecule has 1 saturated carbocycles. The second-order valence-electron chi connectivity index (χ2n) is 6.03. The van der Waals surface area contributed by atoms with Crippen molar-refractivity contribution < 1.29 is 8.78 Å². The molecule has 25 heavy (non-hydrogen) atoms. The third-order valence-electron chi connectivity index (χ3n) is 4.32. The lowest BCUT2D eigenvalue weighted by Gasteiger charge is -2.22. The Hall–Kier alpha value is -1.22. The number of nitrogens with zero attached hydrogens (tertiary/aromatic N) is 2. The molecule has 0 bridgehead atoms. The van der Waals surface area contributed by atoms with Crippen molar-refractivity contribution in [1.29, 1.82) is 0 Å². The zero-order valence-corrected chi connectivity index (χ0v) is 17.4. The quantitative estimate of drug-likeness (QED) is 0.396. The lowest BCUT2D eigenvalue weighted by Crippen LogP contribution is -2.41. The molecule has 1 aliphatic rings. The molecule has 1 N–H and O–H groups in total. The van der Waals surface area contributed by atoms with Gasteiger partial charge in [0.15, 0.2) is 5.96 Å². The predicted molar refractivity (Wildman–Crippen MR) is 110 cm³/mol. The van der Waals surface area contributed by atoms with Gasteiger partial charge in [-0.1, -0.05) is 12.1 Å². The first kappa shape index (κ1) is 20.1. The van der Waals surface area contributed by atoms with Crippen molar-refractivity contribution in [3.63, 3.8) is 0 Å². The summed E-state index contributed by atoms with van der Waals surface area (Å²) in [6, 6.07) is 8.22. The molecule has 2 aromatic rings. The van der Waals surface area contributed by atoms with Gasteiger partial charge in [-0.25, -0.2) is 8.78 Å². The standard InChI is InChI=1S/C18H21F2N3S.HI/c1-21-18(23(2)9-8-12-5-4-10-24-12)22-16-11-13(16)17-14(19)6-3-7-15(17)20;/h3-7,10,13,16H,8-9,11H2,1-2H3,(H,21,22);1H. The molecule has 2 unspecified atom stereocenters. The number of rotatable bonds is 5. The van der Waals surface area contributed by atoms with Crippen molar-refractivity contribution in [3.05, 3.63) is 57.8 Å². The first-order chi connectivity index (χ1) is 11.6. The minimum Gasteiger partial charge on any atom is -0.353 e. The Labute approximate surface area is 168 Å². The van der Waals surface area contributed by atoms with Gasteiger partial charge in [0, 0.05) is 43.0 Å². The van der Waals surface area contributed by atoms with Gasteiger partial charge in [-0.3, -0.25) is 4.99 Å². The highest BCUT2D eigenvalue weighted by atomic mass is 127. The Morgan fingerprint density at radius 1 is 1.28 bits per heavy atom. The molecule has 7 heteroatoms. The van der Waals surface area contributed by atoms with Crippen LogP contribution in [0, 0.1) is 11.6 Å². The van der Waals surface area contributed by atoms with E-state index < -0.39 is 11.6 Å². The maximum atomic E-state index is 13.9. The van der Waals surface area contributed by atoms with E-state index in [9.17, 15) is 8.78 Å². The van der Waals surface area contributed by atoms with Crippen molar-refractivity contribution in [2.45, 2.75) is 24.8 Å². The molecule has 1 aromatic carbocycles. The predicted octanol–water partition coefficient (Wildman–Crippen LogP) is 4.25. The van der Waals surface area contributed by atoms with Crippen LogP contribution in [0.25, 0.3) is 0 Å². The molecule has 0 radical (unpaired) electrons. The van der Waals surface area contributed by atoms with E-state index in [0.717, 1.165) is 25.3 Å². The van der Waals surface area contributed by atoms with E-state index >= 15 is 0 Å². The Morgan fingerprint density at radius 3 is 2.60 bits per heavy atom. The van der Waals surface area contributed by atoms with Gasteiger partial charge in [0.25, 0.3) is 0 Å². The molecule has 136 valence electrons. The van der Waals surface area contributed by atoms with Crippen molar-refractivity contribution in [2.24, 2.45) is 4.99 Å². The van der Waals surface area contributed by atoms with Gasteiger partial charge in [0.05, 0.1) is 0 Å². The van der Waals surface area contributed by atoms with Crippen LogP contribution in [0.4, 0.5) is 8.78 Å². The summed E-state index contributed by atoms with van der Waals surface area (Å²) >= 11 is 1.74. The van der Waals surface area contributed by atoms with Crippen molar-refractivity contribution in [2.75, 3.05) is 20.6 Å². The van der Waals surface area contributed by atoms with Crippen LogP contribution < -0.4 is 5.32 Å². The van der Waals surface area contributed by atoms with Crippen LogP contribution >= 0.6 is 35.3 Å². The van der Waals surface area contributed by atoms with Crippen LogP contribution in [0.3, 0.4) is 0 Å². The highest BCUT2D eigenvalue weighted by Crippen LogP contribution is 2.43. The molecule has 3 nitrogen and oxygen atoms in total. The molecule has 0 aliphatic heterocycles. The summed E-state index contributed by atoms with van der Waals surface area (Å²) in [5.41, 5.74) is 0.187. The number of guanidine groups is 1. The minimum absolute atomic E-state index is 0. The lowest BCUT2D eigenvalue weighted by molar-refractivity contribution is 0.484. The number of hydrogen-bond acceptors (Lipinski definition) is 2. The molecule has 0 saturated heterocycles. The van der Waals surface area contributed by atoms with E-state index in [1.165, 1.54) is 23.1 Å². The van der Waals surface area contributed by atoms with E-state index in [2.05, 4.69) is 21.8 Å². The zero-order valence-electron chi connectivity index (χ0n) is 14.2. The minimum atomic E-state index is -0.467. The summed E-state index contributed by atoms with van der Waals surface area (Å²) in [4.78, 5) is 7.67. The number of halogens is 3. The largest absolute Gasteiger partial charge is 0.353 e. The summed E-state index contributed by atoms with van der Waals surface area (Å²) < 4.78 is 27.7. The molecular weight excluding hydrogens is 455 g/mol. The summed E-state index contributed by atoms with van der Waals surface area (Å²) in [6.07, 6.45) is 1.67. The van der Waals surface area contributed by atoms with Gasteiger partial charge >= 0.3 is 0 Å². The molecular formula is C18H22F2IN3S. The van der Waals surface area contributed by atoms with Crippen LogP contribution in [0.2, 0.25) is 0 Å². The van der Waals surface area contributed by atoms with Gasteiger partial charge < -0.3 is 10.2 Å². The topological polar surface area (TPSA) is 27.6 Å². The maximum absolute atomic E-state index is 13.9. The Balaban J connectivity index is 0.00000225. The van der Waals surface area contributed by atoms with E-state index in [-0.39, 0.29) is 41.5 Å². The fraction of sp³-hybridized carbons (Fsp3) is 0.389. The summed E-state index contributed by atoms with van der Waals surface area (Å²) in [7, 11) is 3.70. The maximum Gasteiger partial charge on any atom is 0.193 e. The summed E-state index contributed by atoms with van der Waals surface area (Å²) in [6.45, 7) is 0.839. The van der Waals surface area contributed by atoms with Crippen molar-refractivity contribution >= 4 is 41.3 Å². The average Bonchev–Trinajstić information content (AvgIpc) is 3.10. The lowest BCUT2D eigenvalue weighted by atomic mass is 10.1. The molecule has 1 aliphatic carbocycles. The molecule has 2 atom stereocenters. The van der Waals surface area contributed by atoms with Crippen LogP contribution in [0.1, 0.15) is 22.8 Å². The third kappa shape index (κ3) is 4.91. The van der Waals surface area contributed by atoms with E-state index in [0.29, 0.717) is 0 Å². The second kappa shape index (κ2) is 8.93. The van der Waals surface area contributed by atoms with Crippen LogP contribution in [-0.4, -0.2) is 37.5 Å². The van der Waals surface area contributed by atoms with Gasteiger partial charge in [-0.2, -0.15) is 0 Å². The SMILES string of the molecule is CN=C(NC1CC1c1c(F)cccc1F)N(C)CCc1cccs1.I. The molecule has 1 aromatic heterocycles. The number of benzene rings is 1. The van der Waals surface area contributed by atoms with Gasteiger partial charge in [0.2, 0.25) is 0 Å². The highest BCUT2D eigenvalue weighted by Gasteiger charge is 2.42. The Kier molecular flexibility index (Phi) is 7.18. The molecule has 3 rings (SSSR count).